The number of alkyl halides is 2. The largest absolute Gasteiger partial charge is 0.465 e. The van der Waals surface area contributed by atoms with E-state index in [-0.39, 0.29) is 15.9 Å². The van der Waals surface area contributed by atoms with Crippen LogP contribution in [0.4, 0.5) is 14.5 Å². The van der Waals surface area contributed by atoms with Crippen molar-refractivity contribution in [2.75, 3.05) is 12.8 Å². The molecule has 0 fully saturated rings. The molecule has 1 aromatic heterocycles. The van der Waals surface area contributed by atoms with Crippen LogP contribution in [0.3, 0.4) is 0 Å². The molecule has 0 bridgehead atoms. The van der Waals surface area contributed by atoms with Crippen molar-refractivity contribution in [1.82, 2.24) is 4.98 Å². The summed E-state index contributed by atoms with van der Waals surface area (Å²) < 4.78 is 28.9. The number of nitrogen functional groups attached to an aromatic ring is 1. The van der Waals surface area contributed by atoms with Gasteiger partial charge in [-0.2, -0.15) is 0 Å². The Balaban J connectivity index is 3.27. The minimum atomic E-state index is -2.74. The van der Waals surface area contributed by atoms with Gasteiger partial charge in [0.05, 0.1) is 12.8 Å². The molecule has 4 nitrogen and oxygen atoms in total. The third-order valence-electron chi connectivity index (χ3n) is 1.64. The number of anilines is 1. The van der Waals surface area contributed by atoms with Gasteiger partial charge in [0.2, 0.25) is 0 Å². The highest BCUT2D eigenvalue weighted by atomic mass is 79.9. The van der Waals surface area contributed by atoms with Gasteiger partial charge in [0.1, 0.15) is 15.9 Å². The molecule has 0 spiro atoms. The van der Waals surface area contributed by atoms with Crippen LogP contribution in [0.5, 0.6) is 0 Å². The molecule has 0 aliphatic carbocycles. The van der Waals surface area contributed by atoms with Crippen molar-refractivity contribution in [3.05, 3.63) is 21.9 Å². The summed E-state index contributed by atoms with van der Waals surface area (Å²) in [4.78, 5) is 14.7. The molecule has 1 heterocycles. The lowest BCUT2D eigenvalue weighted by Crippen LogP contribution is -2.09. The molecule has 2 N–H and O–H groups in total. The maximum atomic E-state index is 12.3. The number of pyridine rings is 1. The van der Waals surface area contributed by atoms with Gasteiger partial charge in [-0.25, -0.2) is 18.6 Å². The van der Waals surface area contributed by atoms with Crippen molar-refractivity contribution < 1.29 is 18.3 Å². The highest BCUT2D eigenvalue weighted by Crippen LogP contribution is 2.27. The lowest BCUT2D eigenvalue weighted by Gasteiger charge is -2.07. The van der Waals surface area contributed by atoms with Gasteiger partial charge < -0.3 is 10.5 Å². The lowest BCUT2D eigenvalue weighted by molar-refractivity contribution is 0.0599. The highest BCUT2D eigenvalue weighted by Gasteiger charge is 2.19. The van der Waals surface area contributed by atoms with Gasteiger partial charge in [-0.05, 0) is 22.0 Å². The van der Waals surface area contributed by atoms with Crippen LogP contribution in [0.2, 0.25) is 0 Å². The fourth-order valence-corrected chi connectivity index (χ4v) is 1.56. The SMILES string of the molecule is COC(=O)c1c(N)cc(C(F)F)nc1Br. The zero-order chi connectivity index (χ0) is 11.6. The monoisotopic (exact) mass is 280 g/mol. The Kier molecular flexibility index (Phi) is 3.57. The molecule has 1 rings (SSSR count). The number of methoxy groups -OCH3 is 1. The first-order chi connectivity index (χ1) is 6.97. The molecule has 82 valence electrons. The number of hydrogen-bond acceptors (Lipinski definition) is 4. The van der Waals surface area contributed by atoms with Crippen molar-refractivity contribution in [2.24, 2.45) is 0 Å². The van der Waals surface area contributed by atoms with E-state index in [4.69, 9.17) is 5.73 Å². The summed E-state index contributed by atoms with van der Waals surface area (Å²) in [6, 6.07) is 0.946. The van der Waals surface area contributed by atoms with E-state index in [1.54, 1.807) is 0 Å². The predicted octanol–water partition coefficient (Wildman–Crippen LogP) is 2.15. The Hall–Kier alpha value is -1.24. The number of carbonyl (C=O) groups is 1. The van der Waals surface area contributed by atoms with Gasteiger partial charge in [-0.3, -0.25) is 0 Å². The molecule has 0 saturated heterocycles. The Morgan fingerprint density at radius 2 is 2.27 bits per heavy atom. The Morgan fingerprint density at radius 1 is 1.67 bits per heavy atom. The topological polar surface area (TPSA) is 65.2 Å². The van der Waals surface area contributed by atoms with E-state index >= 15 is 0 Å². The van der Waals surface area contributed by atoms with Crippen molar-refractivity contribution >= 4 is 27.6 Å². The number of nitrogens with zero attached hydrogens (tertiary/aromatic N) is 1. The van der Waals surface area contributed by atoms with E-state index in [9.17, 15) is 13.6 Å². The second-order valence-corrected chi connectivity index (χ2v) is 3.35. The van der Waals surface area contributed by atoms with E-state index < -0.39 is 18.1 Å². The fourth-order valence-electron chi connectivity index (χ4n) is 0.968. The van der Waals surface area contributed by atoms with Crippen LogP contribution < -0.4 is 5.73 Å². The first kappa shape index (κ1) is 11.8. The fraction of sp³-hybridized carbons (Fsp3) is 0.250. The summed E-state index contributed by atoms with van der Waals surface area (Å²) in [5.41, 5.74) is 4.79. The number of esters is 1. The summed E-state index contributed by atoms with van der Waals surface area (Å²) in [5.74, 6) is -0.729. The van der Waals surface area contributed by atoms with E-state index in [0.29, 0.717) is 0 Å². The Labute approximate surface area is 92.6 Å². The third kappa shape index (κ3) is 2.41. The molecule has 0 aliphatic heterocycles. The third-order valence-corrected chi connectivity index (χ3v) is 2.21. The molecule has 0 unspecified atom stereocenters. The molecule has 0 aromatic carbocycles. The maximum Gasteiger partial charge on any atom is 0.342 e. The number of rotatable bonds is 2. The van der Waals surface area contributed by atoms with Gasteiger partial charge >= 0.3 is 5.97 Å². The molecule has 0 radical (unpaired) electrons. The van der Waals surface area contributed by atoms with Crippen molar-refractivity contribution in [1.29, 1.82) is 0 Å². The van der Waals surface area contributed by atoms with E-state index in [2.05, 4.69) is 25.7 Å². The smallest absolute Gasteiger partial charge is 0.342 e. The summed E-state index contributed by atoms with van der Waals surface area (Å²) in [5, 5.41) is 0. The summed E-state index contributed by atoms with van der Waals surface area (Å²) in [6.45, 7) is 0. The normalized spacial score (nSPS) is 10.5. The number of hydrogen-bond donors (Lipinski definition) is 1. The second kappa shape index (κ2) is 4.52. The zero-order valence-corrected chi connectivity index (χ0v) is 9.22. The molecule has 0 saturated carbocycles. The van der Waals surface area contributed by atoms with Crippen LogP contribution in [0.15, 0.2) is 10.7 Å². The molecule has 7 heteroatoms. The minimum Gasteiger partial charge on any atom is -0.465 e. The molecule has 0 amide bonds. The second-order valence-electron chi connectivity index (χ2n) is 2.59. The summed E-state index contributed by atoms with van der Waals surface area (Å²) >= 11 is 2.88. The van der Waals surface area contributed by atoms with Crippen LogP contribution in [-0.4, -0.2) is 18.1 Å². The molecular weight excluding hydrogens is 274 g/mol. The first-order valence-electron chi connectivity index (χ1n) is 3.79. The van der Waals surface area contributed by atoms with Crippen LogP contribution in [-0.2, 0) is 4.74 Å². The summed E-state index contributed by atoms with van der Waals surface area (Å²) in [7, 11) is 1.16. The molecular formula is C8H7BrF2N2O2. The van der Waals surface area contributed by atoms with Crippen LogP contribution >= 0.6 is 15.9 Å². The first-order valence-corrected chi connectivity index (χ1v) is 4.59. The van der Waals surface area contributed by atoms with Crippen molar-refractivity contribution in [3.8, 4) is 0 Å². The van der Waals surface area contributed by atoms with Crippen LogP contribution in [0, 0.1) is 0 Å². The van der Waals surface area contributed by atoms with Gasteiger partial charge in [-0.15, -0.1) is 0 Å². The van der Waals surface area contributed by atoms with E-state index in [1.807, 2.05) is 0 Å². The number of halogens is 3. The average Bonchev–Trinajstić information content (AvgIpc) is 2.16. The molecule has 1 aromatic rings. The van der Waals surface area contributed by atoms with Gasteiger partial charge in [0, 0.05) is 0 Å². The summed E-state index contributed by atoms with van der Waals surface area (Å²) in [6.07, 6.45) is -2.74. The number of ether oxygens (including phenoxy) is 1. The number of nitrogens with two attached hydrogens (primary N) is 1. The molecule has 0 atom stereocenters. The number of aromatic nitrogens is 1. The van der Waals surface area contributed by atoms with Gasteiger partial charge in [0.15, 0.2) is 0 Å². The van der Waals surface area contributed by atoms with E-state index in [0.717, 1.165) is 13.2 Å². The van der Waals surface area contributed by atoms with E-state index in [1.165, 1.54) is 0 Å². The van der Waals surface area contributed by atoms with Crippen LogP contribution in [0.1, 0.15) is 22.5 Å². The quantitative estimate of drug-likeness (QED) is 0.666. The molecule has 0 aliphatic rings. The minimum absolute atomic E-state index is 0.0512. The maximum absolute atomic E-state index is 12.3. The highest BCUT2D eigenvalue weighted by molar-refractivity contribution is 9.10. The van der Waals surface area contributed by atoms with Crippen LogP contribution in [0.25, 0.3) is 0 Å². The zero-order valence-electron chi connectivity index (χ0n) is 7.63. The standard InChI is InChI=1S/C8H7BrF2N2O2/c1-15-8(14)5-3(12)2-4(7(10)11)13-6(5)9/h2,7H,1H3,(H2,12,13). The number of carbonyl (C=O) groups excluding carboxylic acids is 1. The van der Waals surface area contributed by atoms with Gasteiger partial charge in [0.25, 0.3) is 6.43 Å². The van der Waals surface area contributed by atoms with Crippen molar-refractivity contribution in [3.63, 3.8) is 0 Å². The van der Waals surface area contributed by atoms with Crippen molar-refractivity contribution in [2.45, 2.75) is 6.43 Å². The average molecular weight is 281 g/mol. The predicted molar refractivity (Wildman–Crippen MR) is 52.6 cm³/mol. The lowest BCUT2D eigenvalue weighted by atomic mass is 10.2. The molecule has 15 heavy (non-hydrogen) atoms. The Morgan fingerprint density at radius 3 is 2.67 bits per heavy atom. The Bertz CT molecular complexity index is 375. The van der Waals surface area contributed by atoms with Gasteiger partial charge in [-0.1, -0.05) is 0 Å².